The smallest absolute Gasteiger partial charge is 0.0941 e. The molecule has 0 spiro atoms. The minimum absolute atomic E-state index is 0.616. The molecule has 2 rings (SSSR count). The Labute approximate surface area is 138 Å². The molecule has 0 amide bonds. The lowest BCUT2D eigenvalue weighted by Gasteiger charge is -2.45. The molecular formula is C19H37N3. The van der Waals surface area contributed by atoms with Crippen LogP contribution in [0.2, 0.25) is 0 Å². The van der Waals surface area contributed by atoms with Gasteiger partial charge in [0.15, 0.2) is 0 Å². The van der Waals surface area contributed by atoms with E-state index in [-0.39, 0.29) is 0 Å². The summed E-state index contributed by atoms with van der Waals surface area (Å²) in [4.78, 5) is 5.24. The average molecular weight is 308 g/mol. The quantitative estimate of drug-likeness (QED) is 0.721. The zero-order valence-corrected chi connectivity index (χ0v) is 15.1. The Kier molecular flexibility index (Phi) is 7.07. The highest BCUT2D eigenvalue weighted by Gasteiger charge is 2.30. The fraction of sp³-hybridized carbons (Fsp3) is 0.895. The van der Waals surface area contributed by atoms with Crippen LogP contribution in [0.15, 0.2) is 12.4 Å². The van der Waals surface area contributed by atoms with E-state index in [4.69, 9.17) is 0 Å². The molecule has 128 valence electrons. The molecule has 0 radical (unpaired) electrons. The molecule has 0 saturated carbocycles. The largest absolute Gasteiger partial charge is 0.372 e. The van der Waals surface area contributed by atoms with Gasteiger partial charge in [-0.2, -0.15) is 0 Å². The van der Waals surface area contributed by atoms with Crippen molar-refractivity contribution in [2.45, 2.75) is 77.8 Å². The maximum atomic E-state index is 4.28. The Morgan fingerprint density at radius 3 is 2.55 bits per heavy atom. The summed E-state index contributed by atoms with van der Waals surface area (Å²) in [6, 6.07) is 1.42. The summed E-state index contributed by atoms with van der Waals surface area (Å²) in [5, 5.41) is 3.55. The number of piperidine rings is 2. The standard InChI is InChI=1S/C19H37N3/c1-16(2)9-8-11-20-18(4)22-14-10-19(15-17(22)3)21-12-6-5-7-13-21/h16-17,19-20H,4-15H2,1-3H3. The first kappa shape index (κ1) is 17.7. The number of nitrogens with one attached hydrogen (secondary N) is 1. The summed E-state index contributed by atoms with van der Waals surface area (Å²) >= 11 is 0. The fourth-order valence-electron chi connectivity index (χ4n) is 4.01. The maximum Gasteiger partial charge on any atom is 0.0941 e. The van der Waals surface area contributed by atoms with Gasteiger partial charge in [-0.3, -0.25) is 0 Å². The molecular weight excluding hydrogens is 270 g/mol. The van der Waals surface area contributed by atoms with Crippen molar-refractivity contribution in [3.8, 4) is 0 Å². The van der Waals surface area contributed by atoms with Crippen LogP contribution in [-0.2, 0) is 0 Å². The second-order valence-corrected chi connectivity index (χ2v) is 7.73. The molecule has 0 aliphatic carbocycles. The molecule has 22 heavy (non-hydrogen) atoms. The second kappa shape index (κ2) is 8.81. The topological polar surface area (TPSA) is 18.5 Å². The van der Waals surface area contributed by atoms with E-state index in [1.54, 1.807) is 0 Å². The van der Waals surface area contributed by atoms with Crippen molar-refractivity contribution in [3.63, 3.8) is 0 Å². The van der Waals surface area contributed by atoms with Gasteiger partial charge < -0.3 is 15.1 Å². The van der Waals surface area contributed by atoms with Crippen LogP contribution in [0.3, 0.4) is 0 Å². The summed E-state index contributed by atoms with van der Waals surface area (Å²) in [6.45, 7) is 16.1. The van der Waals surface area contributed by atoms with Crippen molar-refractivity contribution in [1.29, 1.82) is 0 Å². The number of rotatable bonds is 7. The van der Waals surface area contributed by atoms with Crippen LogP contribution in [0.4, 0.5) is 0 Å². The molecule has 2 saturated heterocycles. The molecule has 0 aromatic rings. The van der Waals surface area contributed by atoms with E-state index >= 15 is 0 Å². The van der Waals surface area contributed by atoms with Gasteiger partial charge in [-0.25, -0.2) is 0 Å². The van der Waals surface area contributed by atoms with Crippen LogP contribution in [0.25, 0.3) is 0 Å². The van der Waals surface area contributed by atoms with Crippen molar-refractivity contribution in [2.75, 3.05) is 26.2 Å². The number of nitrogens with zero attached hydrogens (tertiary/aromatic N) is 2. The van der Waals surface area contributed by atoms with Crippen LogP contribution in [0.1, 0.15) is 65.7 Å². The molecule has 2 atom stereocenters. The molecule has 3 nitrogen and oxygen atoms in total. The van der Waals surface area contributed by atoms with Crippen LogP contribution in [-0.4, -0.2) is 48.1 Å². The van der Waals surface area contributed by atoms with Gasteiger partial charge in [0.1, 0.15) is 0 Å². The van der Waals surface area contributed by atoms with E-state index in [1.807, 2.05) is 0 Å². The van der Waals surface area contributed by atoms with Crippen LogP contribution < -0.4 is 5.32 Å². The van der Waals surface area contributed by atoms with E-state index in [0.29, 0.717) is 6.04 Å². The van der Waals surface area contributed by atoms with Gasteiger partial charge in [0.05, 0.1) is 5.82 Å². The first-order chi connectivity index (χ1) is 10.6. The third kappa shape index (κ3) is 5.19. The number of hydrogen-bond acceptors (Lipinski definition) is 3. The van der Waals surface area contributed by atoms with E-state index in [1.165, 1.54) is 64.6 Å². The van der Waals surface area contributed by atoms with Crippen molar-refractivity contribution < 1.29 is 0 Å². The molecule has 3 heteroatoms. The summed E-state index contributed by atoms with van der Waals surface area (Å²) in [5.74, 6) is 1.95. The van der Waals surface area contributed by atoms with E-state index in [2.05, 4.69) is 42.5 Å². The summed E-state index contributed by atoms with van der Waals surface area (Å²) in [7, 11) is 0. The Hall–Kier alpha value is -0.700. The molecule has 2 aliphatic rings. The highest BCUT2D eigenvalue weighted by Crippen LogP contribution is 2.26. The lowest BCUT2D eigenvalue weighted by atomic mass is 9.95. The van der Waals surface area contributed by atoms with Crippen molar-refractivity contribution >= 4 is 0 Å². The van der Waals surface area contributed by atoms with Gasteiger partial charge in [-0.1, -0.05) is 26.8 Å². The predicted molar refractivity (Wildman–Crippen MR) is 95.8 cm³/mol. The zero-order valence-electron chi connectivity index (χ0n) is 15.1. The lowest BCUT2D eigenvalue weighted by molar-refractivity contribution is 0.0750. The van der Waals surface area contributed by atoms with Gasteiger partial charge in [-0.05, 0) is 64.5 Å². The third-order valence-corrected chi connectivity index (χ3v) is 5.39. The van der Waals surface area contributed by atoms with Crippen molar-refractivity contribution in [2.24, 2.45) is 5.92 Å². The predicted octanol–water partition coefficient (Wildman–Crippen LogP) is 3.82. The van der Waals surface area contributed by atoms with Gasteiger partial charge in [0.2, 0.25) is 0 Å². The molecule has 2 aliphatic heterocycles. The Balaban J connectivity index is 1.71. The van der Waals surface area contributed by atoms with Crippen molar-refractivity contribution in [3.05, 3.63) is 12.4 Å². The molecule has 2 heterocycles. The summed E-state index contributed by atoms with van der Waals surface area (Å²) in [6.07, 6.45) is 9.38. The molecule has 2 fully saturated rings. The number of hydrogen-bond donors (Lipinski definition) is 1. The zero-order chi connectivity index (χ0) is 15.9. The van der Waals surface area contributed by atoms with Gasteiger partial charge in [-0.15, -0.1) is 0 Å². The molecule has 1 N–H and O–H groups in total. The Morgan fingerprint density at radius 2 is 1.91 bits per heavy atom. The van der Waals surface area contributed by atoms with Gasteiger partial charge in [0.25, 0.3) is 0 Å². The normalized spacial score (nSPS) is 27.2. The Bertz CT molecular complexity index is 334. The van der Waals surface area contributed by atoms with Gasteiger partial charge >= 0.3 is 0 Å². The molecule has 0 aromatic heterocycles. The van der Waals surface area contributed by atoms with Crippen LogP contribution >= 0.6 is 0 Å². The third-order valence-electron chi connectivity index (χ3n) is 5.39. The Morgan fingerprint density at radius 1 is 1.18 bits per heavy atom. The maximum absolute atomic E-state index is 4.28. The van der Waals surface area contributed by atoms with E-state index < -0.39 is 0 Å². The summed E-state index contributed by atoms with van der Waals surface area (Å²) in [5.41, 5.74) is 0. The van der Waals surface area contributed by atoms with Gasteiger partial charge in [0, 0.05) is 25.2 Å². The monoisotopic (exact) mass is 307 g/mol. The molecule has 0 aromatic carbocycles. The first-order valence-corrected chi connectivity index (χ1v) is 9.51. The molecule has 2 unspecified atom stereocenters. The van der Waals surface area contributed by atoms with E-state index in [0.717, 1.165) is 24.3 Å². The van der Waals surface area contributed by atoms with Crippen molar-refractivity contribution in [1.82, 2.24) is 15.1 Å². The van der Waals surface area contributed by atoms with Crippen LogP contribution in [0, 0.1) is 5.92 Å². The minimum Gasteiger partial charge on any atom is -0.372 e. The minimum atomic E-state index is 0.616. The average Bonchev–Trinajstić information content (AvgIpc) is 2.52. The highest BCUT2D eigenvalue weighted by atomic mass is 15.3. The fourth-order valence-corrected chi connectivity index (χ4v) is 4.01. The first-order valence-electron chi connectivity index (χ1n) is 9.51. The lowest BCUT2D eigenvalue weighted by Crippen LogP contribution is -2.51. The SMILES string of the molecule is C=C(NCCCC(C)C)N1CCC(N2CCCCC2)CC1C. The highest BCUT2D eigenvalue weighted by molar-refractivity contribution is 4.98. The second-order valence-electron chi connectivity index (χ2n) is 7.73. The van der Waals surface area contributed by atoms with E-state index in [9.17, 15) is 0 Å². The summed E-state index contributed by atoms with van der Waals surface area (Å²) < 4.78 is 0. The van der Waals surface area contributed by atoms with Crippen LogP contribution in [0.5, 0.6) is 0 Å². The number of likely N-dealkylation sites (tertiary alicyclic amines) is 2. The molecule has 0 bridgehead atoms.